The Morgan fingerprint density at radius 1 is 1.08 bits per heavy atom. The first-order chi connectivity index (χ1) is 12.4. The predicted octanol–water partition coefficient (Wildman–Crippen LogP) is 2.41. The maximum Gasteiger partial charge on any atom is 0.333 e. The Bertz CT molecular complexity index is 946. The Labute approximate surface area is 151 Å². The third-order valence-corrected chi connectivity index (χ3v) is 5.11. The Morgan fingerprint density at radius 2 is 1.77 bits per heavy atom. The van der Waals surface area contributed by atoms with E-state index in [1.54, 1.807) is 24.3 Å². The molecule has 0 aliphatic heterocycles. The van der Waals surface area contributed by atoms with Gasteiger partial charge in [-0.05, 0) is 0 Å². The number of allylic oxidation sites excluding steroid dienone is 2. The smallest absolute Gasteiger partial charge is 0.333 e. The van der Waals surface area contributed by atoms with Crippen molar-refractivity contribution < 1.29 is 29.7 Å². The van der Waals surface area contributed by atoms with Crippen LogP contribution in [0.5, 0.6) is 0 Å². The van der Waals surface area contributed by atoms with E-state index in [1.165, 1.54) is 17.5 Å². The number of benzene rings is 1. The molecule has 0 radical (unpaired) electrons. The summed E-state index contributed by atoms with van der Waals surface area (Å²) in [4.78, 5) is 40.0. The molecule has 3 rings (SSSR count). The second-order valence-corrected chi connectivity index (χ2v) is 6.46. The lowest BCUT2D eigenvalue weighted by atomic mass is 9.65. The summed E-state index contributed by atoms with van der Waals surface area (Å²) in [6, 6.07) is 8.94. The molecule has 0 fully saturated rings. The van der Waals surface area contributed by atoms with Crippen molar-refractivity contribution in [1.82, 2.24) is 4.98 Å². The van der Waals surface area contributed by atoms with Crippen LogP contribution in [0, 0.1) is 5.92 Å². The molecular weight excluding hydrogens is 358 g/mol. The lowest BCUT2D eigenvalue weighted by Crippen LogP contribution is -2.50. The van der Waals surface area contributed by atoms with Crippen LogP contribution in [0.2, 0.25) is 0 Å². The second-order valence-electron chi connectivity index (χ2n) is 5.60. The molecule has 26 heavy (non-hydrogen) atoms. The van der Waals surface area contributed by atoms with Gasteiger partial charge in [-0.3, -0.25) is 9.59 Å². The Kier molecular flexibility index (Phi) is 4.43. The molecule has 7 nitrogen and oxygen atoms in total. The van der Waals surface area contributed by atoms with Crippen LogP contribution in [0.4, 0.5) is 0 Å². The highest BCUT2D eigenvalue weighted by Gasteiger charge is 2.57. The van der Waals surface area contributed by atoms with E-state index in [0.717, 1.165) is 23.0 Å². The molecule has 1 aromatic carbocycles. The molecule has 1 aromatic heterocycles. The molecule has 2 atom stereocenters. The molecule has 0 bridgehead atoms. The topological polar surface area (TPSA) is 125 Å². The molecule has 0 saturated heterocycles. The van der Waals surface area contributed by atoms with Crippen LogP contribution in [-0.2, 0) is 19.8 Å². The molecular formula is C18H13NO6S. The summed E-state index contributed by atoms with van der Waals surface area (Å²) in [7, 11) is 0. The molecule has 0 spiro atoms. The zero-order valence-electron chi connectivity index (χ0n) is 13.2. The highest BCUT2D eigenvalue weighted by molar-refractivity contribution is 7.13. The van der Waals surface area contributed by atoms with Crippen LogP contribution in [0.3, 0.4) is 0 Å². The second kappa shape index (κ2) is 6.57. The summed E-state index contributed by atoms with van der Waals surface area (Å²) in [5, 5.41) is 30.9. The molecule has 3 N–H and O–H groups in total. The van der Waals surface area contributed by atoms with Gasteiger partial charge in [-0.25, -0.2) is 9.78 Å². The lowest BCUT2D eigenvalue weighted by Gasteiger charge is -2.34. The van der Waals surface area contributed by atoms with Gasteiger partial charge < -0.3 is 15.3 Å². The normalized spacial score (nSPS) is 21.8. The number of hydrogen-bond acceptors (Lipinski definition) is 5. The fraction of sp³-hybridized carbons (Fsp3) is 0.111. The van der Waals surface area contributed by atoms with E-state index in [1.807, 2.05) is 6.07 Å². The maximum absolute atomic E-state index is 12.2. The quantitative estimate of drug-likeness (QED) is 0.737. The van der Waals surface area contributed by atoms with E-state index in [-0.39, 0.29) is 5.69 Å². The van der Waals surface area contributed by atoms with Crippen LogP contribution >= 0.6 is 11.3 Å². The number of thiazole rings is 1. The van der Waals surface area contributed by atoms with Crippen LogP contribution in [-0.4, -0.2) is 38.2 Å². The van der Waals surface area contributed by atoms with E-state index in [9.17, 15) is 29.7 Å². The van der Waals surface area contributed by atoms with Crippen molar-refractivity contribution in [3.05, 3.63) is 65.2 Å². The number of nitrogens with zero attached hydrogens (tertiary/aromatic N) is 1. The molecule has 2 aromatic rings. The Hall–Kier alpha value is -3.26. The van der Waals surface area contributed by atoms with Gasteiger partial charge in [0, 0.05) is 10.9 Å². The Balaban J connectivity index is 2.24. The first kappa shape index (κ1) is 17.6. The van der Waals surface area contributed by atoms with Crippen LogP contribution in [0.1, 0.15) is 5.69 Å². The number of carboxylic acids is 3. The fourth-order valence-corrected chi connectivity index (χ4v) is 3.92. The predicted molar refractivity (Wildman–Crippen MR) is 92.8 cm³/mol. The standard InChI is InChI=1S/C18H13NO6S/c20-15(21)11-7-4-8-12(16(22)23)18(11,17(24)25)13-9-26-14(19-13)10-5-2-1-3-6-10/h1-9,11H,(H,20,21)(H,22,23)(H,24,25). The van der Waals surface area contributed by atoms with Crippen LogP contribution in [0.15, 0.2) is 59.5 Å². The summed E-state index contributed by atoms with van der Waals surface area (Å²) in [5.74, 6) is -6.11. The minimum absolute atomic E-state index is 0.112. The zero-order chi connectivity index (χ0) is 18.9. The van der Waals surface area contributed by atoms with Gasteiger partial charge in [0.1, 0.15) is 10.9 Å². The summed E-state index contributed by atoms with van der Waals surface area (Å²) in [6.45, 7) is 0. The summed E-state index contributed by atoms with van der Waals surface area (Å²) in [5.41, 5.74) is -2.23. The first-order valence-electron chi connectivity index (χ1n) is 7.49. The van der Waals surface area contributed by atoms with Gasteiger partial charge in [-0.2, -0.15) is 0 Å². The third kappa shape index (κ3) is 2.60. The number of carbonyl (C=O) groups is 3. The molecule has 0 amide bonds. The molecule has 1 aliphatic rings. The van der Waals surface area contributed by atoms with E-state index in [2.05, 4.69) is 4.98 Å². The van der Waals surface area contributed by atoms with Gasteiger partial charge in [0.15, 0.2) is 5.41 Å². The zero-order valence-corrected chi connectivity index (χ0v) is 14.0. The van der Waals surface area contributed by atoms with Gasteiger partial charge in [-0.1, -0.05) is 48.6 Å². The van der Waals surface area contributed by atoms with Crippen LogP contribution < -0.4 is 0 Å². The van der Waals surface area contributed by atoms with Crippen molar-refractivity contribution in [2.75, 3.05) is 0 Å². The van der Waals surface area contributed by atoms with Gasteiger partial charge >= 0.3 is 17.9 Å². The van der Waals surface area contributed by atoms with E-state index in [4.69, 9.17) is 0 Å². The minimum atomic E-state index is -2.31. The average Bonchev–Trinajstić information content (AvgIpc) is 3.11. The first-order valence-corrected chi connectivity index (χ1v) is 8.37. The number of aromatic nitrogens is 1. The number of rotatable bonds is 5. The number of hydrogen-bond donors (Lipinski definition) is 3. The van der Waals surface area contributed by atoms with E-state index in [0.29, 0.717) is 5.01 Å². The van der Waals surface area contributed by atoms with Crippen molar-refractivity contribution in [3.8, 4) is 10.6 Å². The highest BCUT2D eigenvalue weighted by atomic mass is 32.1. The van der Waals surface area contributed by atoms with Crippen molar-refractivity contribution in [3.63, 3.8) is 0 Å². The minimum Gasteiger partial charge on any atom is -0.481 e. The molecule has 0 saturated carbocycles. The summed E-state index contributed by atoms with van der Waals surface area (Å²) < 4.78 is 0. The van der Waals surface area contributed by atoms with Crippen molar-refractivity contribution in [2.24, 2.45) is 5.92 Å². The van der Waals surface area contributed by atoms with Crippen molar-refractivity contribution in [1.29, 1.82) is 0 Å². The van der Waals surface area contributed by atoms with Gasteiger partial charge in [0.05, 0.1) is 11.3 Å². The molecule has 1 heterocycles. The number of carboxylic acid groups (broad SMARTS) is 3. The molecule has 8 heteroatoms. The molecule has 1 aliphatic carbocycles. The average molecular weight is 371 g/mol. The van der Waals surface area contributed by atoms with Gasteiger partial charge in [0.25, 0.3) is 0 Å². The largest absolute Gasteiger partial charge is 0.481 e. The summed E-state index contributed by atoms with van der Waals surface area (Å²) >= 11 is 1.13. The third-order valence-electron chi connectivity index (χ3n) is 4.22. The molecule has 132 valence electrons. The van der Waals surface area contributed by atoms with Gasteiger partial charge in [-0.15, -0.1) is 11.3 Å². The number of aliphatic carboxylic acids is 3. The lowest BCUT2D eigenvalue weighted by molar-refractivity contribution is -0.154. The van der Waals surface area contributed by atoms with Crippen LogP contribution in [0.25, 0.3) is 10.6 Å². The van der Waals surface area contributed by atoms with Gasteiger partial charge in [0.2, 0.25) is 0 Å². The summed E-state index contributed by atoms with van der Waals surface area (Å²) in [6.07, 6.45) is 3.52. The fourth-order valence-electron chi connectivity index (χ4n) is 3.04. The highest BCUT2D eigenvalue weighted by Crippen LogP contribution is 2.44. The SMILES string of the molecule is O=C(O)C1=CC=CC(C(=O)O)C1(C(=O)O)c1csc(-c2ccccc2)n1. The molecule has 2 unspecified atom stereocenters. The maximum atomic E-state index is 12.2. The Morgan fingerprint density at radius 3 is 2.35 bits per heavy atom. The monoisotopic (exact) mass is 371 g/mol. The van der Waals surface area contributed by atoms with Crippen molar-refractivity contribution >= 4 is 29.2 Å². The van der Waals surface area contributed by atoms with Crippen molar-refractivity contribution in [2.45, 2.75) is 5.41 Å². The van der Waals surface area contributed by atoms with E-state index >= 15 is 0 Å². The van der Waals surface area contributed by atoms with E-state index < -0.39 is 34.8 Å².